The van der Waals surface area contributed by atoms with Gasteiger partial charge in [-0.05, 0) is 38.5 Å². The van der Waals surface area contributed by atoms with Crippen molar-refractivity contribution in [2.75, 3.05) is 13.2 Å². The molecule has 0 radical (unpaired) electrons. The first-order valence-electron chi connectivity index (χ1n) is 26.1. The summed E-state index contributed by atoms with van der Waals surface area (Å²) in [4.78, 5) is 13.1. The van der Waals surface area contributed by atoms with Gasteiger partial charge in [0.25, 0.3) is 0 Å². The molecular weight excluding hydrogens is 787 g/mol. The fourth-order valence-electron chi connectivity index (χ4n) is 8.50. The Bertz CT molecular complexity index is 1020. The summed E-state index contributed by atoms with van der Waals surface area (Å²) in [7, 11) is 0. The molecule has 1 heterocycles. The smallest absolute Gasteiger partial charge is 0.249 e. The number of aliphatic hydroxyl groups is 7. The zero-order valence-corrected chi connectivity index (χ0v) is 39.9. The molecule has 0 aliphatic carbocycles. The standard InChI is InChI=1S/C51H99NO10/c1-3-5-7-9-11-13-15-17-18-19-20-21-22-23-24-25-26-27-29-31-33-35-37-39-44(55)50(60)52-42(41-61-51-49(59)48(58)47(57)45(40-53)62-51)46(56)43(54)38-36-34-32-30-28-16-14-12-10-8-6-4-2/h30,32,42-49,51,53-59H,3-29,31,33-41H2,1-2H3,(H,52,60). The van der Waals surface area contributed by atoms with E-state index in [0.717, 1.165) is 38.5 Å². The number of ether oxygens (including phenoxy) is 2. The van der Waals surface area contributed by atoms with Gasteiger partial charge < -0.3 is 50.5 Å². The van der Waals surface area contributed by atoms with E-state index in [0.29, 0.717) is 12.8 Å². The second kappa shape index (κ2) is 41.3. The quantitative estimate of drug-likeness (QED) is 0.0216. The average Bonchev–Trinajstić information content (AvgIpc) is 3.27. The molecule has 11 heteroatoms. The molecule has 0 aromatic heterocycles. The molecule has 0 spiro atoms. The molecule has 8 N–H and O–H groups in total. The van der Waals surface area contributed by atoms with E-state index in [-0.39, 0.29) is 12.8 Å². The fraction of sp³-hybridized carbons (Fsp3) is 0.941. The van der Waals surface area contributed by atoms with Crippen LogP contribution in [0, 0.1) is 0 Å². The van der Waals surface area contributed by atoms with Crippen molar-refractivity contribution in [3.63, 3.8) is 0 Å². The van der Waals surface area contributed by atoms with Crippen molar-refractivity contribution < 1.29 is 50.0 Å². The third-order valence-electron chi connectivity index (χ3n) is 12.8. The first kappa shape index (κ1) is 58.9. The molecule has 62 heavy (non-hydrogen) atoms. The molecule has 1 saturated heterocycles. The third kappa shape index (κ3) is 30.1. The van der Waals surface area contributed by atoms with Crippen molar-refractivity contribution >= 4 is 5.91 Å². The Morgan fingerprint density at radius 2 is 0.952 bits per heavy atom. The number of carbonyl (C=O) groups excluding carboxylic acids is 1. The van der Waals surface area contributed by atoms with Crippen molar-refractivity contribution in [3.05, 3.63) is 12.2 Å². The molecule has 0 aromatic rings. The zero-order chi connectivity index (χ0) is 45.5. The van der Waals surface area contributed by atoms with Crippen molar-refractivity contribution in [1.29, 1.82) is 0 Å². The van der Waals surface area contributed by atoms with E-state index in [1.54, 1.807) is 0 Å². The molecule has 9 atom stereocenters. The lowest BCUT2D eigenvalue weighted by Crippen LogP contribution is -2.60. The fourth-order valence-corrected chi connectivity index (χ4v) is 8.50. The highest BCUT2D eigenvalue weighted by molar-refractivity contribution is 5.80. The Morgan fingerprint density at radius 3 is 1.39 bits per heavy atom. The number of nitrogens with one attached hydrogen (secondary N) is 1. The molecular formula is C51H99NO10. The summed E-state index contributed by atoms with van der Waals surface area (Å²) in [6.07, 6.45) is 34.2. The van der Waals surface area contributed by atoms with Crippen LogP contribution in [-0.2, 0) is 14.3 Å². The summed E-state index contributed by atoms with van der Waals surface area (Å²) < 4.78 is 11.1. The number of hydrogen-bond acceptors (Lipinski definition) is 10. The average molecular weight is 886 g/mol. The maximum Gasteiger partial charge on any atom is 0.249 e. The van der Waals surface area contributed by atoms with E-state index < -0.39 is 74.2 Å². The van der Waals surface area contributed by atoms with Gasteiger partial charge in [-0.2, -0.15) is 0 Å². The molecule has 368 valence electrons. The van der Waals surface area contributed by atoms with Crippen LogP contribution in [0.2, 0.25) is 0 Å². The van der Waals surface area contributed by atoms with Crippen LogP contribution in [0.25, 0.3) is 0 Å². The SMILES string of the molecule is CCCCCCCCCC=CCCCC(O)C(O)C(COC1OC(CO)C(O)C(O)C1O)NC(=O)C(O)CCCCCCCCCCCCCCCCCCCCCCCCC. The minimum atomic E-state index is -1.66. The van der Waals surface area contributed by atoms with Gasteiger partial charge in [-0.3, -0.25) is 4.79 Å². The van der Waals surface area contributed by atoms with Crippen LogP contribution in [0.5, 0.6) is 0 Å². The van der Waals surface area contributed by atoms with Crippen molar-refractivity contribution in [2.45, 2.75) is 294 Å². The Balaban J connectivity index is 2.32. The predicted molar refractivity (Wildman–Crippen MR) is 252 cm³/mol. The van der Waals surface area contributed by atoms with Crippen molar-refractivity contribution in [3.8, 4) is 0 Å². The van der Waals surface area contributed by atoms with E-state index in [4.69, 9.17) is 9.47 Å². The summed E-state index contributed by atoms with van der Waals surface area (Å²) in [6.45, 7) is 3.43. The van der Waals surface area contributed by atoms with Gasteiger partial charge in [0.1, 0.15) is 36.6 Å². The van der Waals surface area contributed by atoms with Gasteiger partial charge in [0.2, 0.25) is 5.91 Å². The van der Waals surface area contributed by atoms with Crippen LogP contribution in [0.15, 0.2) is 12.2 Å². The van der Waals surface area contributed by atoms with E-state index in [1.165, 1.54) is 161 Å². The minimum Gasteiger partial charge on any atom is -0.394 e. The maximum atomic E-state index is 13.1. The first-order valence-corrected chi connectivity index (χ1v) is 26.1. The number of allylic oxidation sites excluding steroid dienone is 2. The van der Waals surface area contributed by atoms with Crippen LogP contribution < -0.4 is 5.32 Å². The zero-order valence-electron chi connectivity index (χ0n) is 39.9. The van der Waals surface area contributed by atoms with Gasteiger partial charge in [0.15, 0.2) is 6.29 Å². The monoisotopic (exact) mass is 886 g/mol. The number of rotatable bonds is 44. The molecule has 1 aliphatic heterocycles. The highest BCUT2D eigenvalue weighted by atomic mass is 16.7. The molecule has 1 rings (SSSR count). The second-order valence-corrected chi connectivity index (χ2v) is 18.6. The lowest BCUT2D eigenvalue weighted by atomic mass is 9.98. The Labute approximate surface area is 379 Å². The Morgan fingerprint density at radius 1 is 0.548 bits per heavy atom. The third-order valence-corrected chi connectivity index (χ3v) is 12.8. The van der Waals surface area contributed by atoms with Crippen LogP contribution in [0.1, 0.15) is 239 Å². The highest BCUT2D eigenvalue weighted by Crippen LogP contribution is 2.23. The lowest BCUT2D eigenvalue weighted by Gasteiger charge is -2.40. The minimum absolute atomic E-state index is 0.259. The lowest BCUT2D eigenvalue weighted by molar-refractivity contribution is -0.303. The predicted octanol–water partition coefficient (Wildman–Crippen LogP) is 9.62. The summed E-state index contributed by atoms with van der Waals surface area (Å²) >= 11 is 0. The van der Waals surface area contributed by atoms with Crippen LogP contribution in [-0.4, -0.2) is 110 Å². The first-order chi connectivity index (χ1) is 30.2. The van der Waals surface area contributed by atoms with Gasteiger partial charge in [0.05, 0.1) is 25.4 Å². The second-order valence-electron chi connectivity index (χ2n) is 18.6. The Kier molecular flexibility index (Phi) is 39.2. The summed E-state index contributed by atoms with van der Waals surface area (Å²) in [6, 6.07) is -1.18. The van der Waals surface area contributed by atoms with E-state index in [1.807, 2.05) is 0 Å². The molecule has 1 amide bonds. The highest BCUT2D eigenvalue weighted by Gasteiger charge is 2.44. The van der Waals surface area contributed by atoms with E-state index in [2.05, 4.69) is 31.3 Å². The van der Waals surface area contributed by atoms with Gasteiger partial charge >= 0.3 is 0 Å². The number of unbranched alkanes of at least 4 members (excludes halogenated alkanes) is 30. The normalized spacial score (nSPS) is 21.3. The summed E-state index contributed by atoms with van der Waals surface area (Å²) in [5.41, 5.74) is 0. The molecule has 0 bridgehead atoms. The maximum absolute atomic E-state index is 13.1. The molecule has 9 unspecified atom stereocenters. The van der Waals surface area contributed by atoms with Gasteiger partial charge in [0, 0.05) is 0 Å². The van der Waals surface area contributed by atoms with Gasteiger partial charge in [-0.25, -0.2) is 0 Å². The topological polar surface area (TPSA) is 189 Å². The number of aliphatic hydroxyl groups excluding tert-OH is 7. The largest absolute Gasteiger partial charge is 0.394 e. The number of carbonyl (C=O) groups is 1. The van der Waals surface area contributed by atoms with E-state index >= 15 is 0 Å². The molecule has 1 aliphatic rings. The van der Waals surface area contributed by atoms with Crippen LogP contribution in [0.4, 0.5) is 0 Å². The van der Waals surface area contributed by atoms with E-state index in [9.17, 15) is 40.5 Å². The summed E-state index contributed by atoms with van der Waals surface area (Å²) in [5, 5.41) is 75.7. The van der Waals surface area contributed by atoms with Gasteiger partial charge in [-0.1, -0.05) is 212 Å². The Hall–Kier alpha value is -1.15. The van der Waals surface area contributed by atoms with Crippen LogP contribution >= 0.6 is 0 Å². The molecule has 0 aromatic carbocycles. The van der Waals surface area contributed by atoms with Gasteiger partial charge in [-0.15, -0.1) is 0 Å². The number of hydrogen-bond donors (Lipinski definition) is 8. The van der Waals surface area contributed by atoms with Crippen molar-refractivity contribution in [2.24, 2.45) is 0 Å². The van der Waals surface area contributed by atoms with Crippen molar-refractivity contribution in [1.82, 2.24) is 5.32 Å². The molecule has 0 saturated carbocycles. The molecule has 1 fully saturated rings. The molecule has 11 nitrogen and oxygen atoms in total. The van der Waals surface area contributed by atoms with Crippen LogP contribution in [0.3, 0.4) is 0 Å². The number of amides is 1. The summed E-state index contributed by atoms with van der Waals surface area (Å²) in [5.74, 6) is -0.703.